The SMILES string of the molecule is COc1ccc([C@@H]2C[C@@H]2B2OC34CC5CC(C53C)[C@]4(C)O2)c2c1C(=O)OC(C)(C)O2. The summed E-state index contributed by atoms with van der Waals surface area (Å²) in [5.41, 5.74) is 1.53. The predicted molar refractivity (Wildman–Crippen MR) is 108 cm³/mol. The molecule has 1 aromatic rings. The van der Waals surface area contributed by atoms with Crippen molar-refractivity contribution >= 4 is 13.1 Å². The van der Waals surface area contributed by atoms with Gasteiger partial charge in [0.05, 0.1) is 18.3 Å². The summed E-state index contributed by atoms with van der Waals surface area (Å²) in [5.74, 6) is 1.65. The molecule has 4 aliphatic carbocycles. The van der Waals surface area contributed by atoms with Crippen LogP contribution in [0, 0.1) is 17.3 Å². The van der Waals surface area contributed by atoms with Gasteiger partial charge in [-0.2, -0.15) is 0 Å². The van der Waals surface area contributed by atoms with E-state index in [2.05, 4.69) is 13.8 Å². The van der Waals surface area contributed by atoms with E-state index < -0.39 is 11.8 Å². The van der Waals surface area contributed by atoms with Gasteiger partial charge in [0, 0.05) is 25.1 Å². The van der Waals surface area contributed by atoms with Gasteiger partial charge in [-0.1, -0.05) is 13.0 Å². The van der Waals surface area contributed by atoms with Crippen LogP contribution in [0.15, 0.2) is 12.1 Å². The summed E-state index contributed by atoms with van der Waals surface area (Å²) in [4.78, 5) is 12.7. The summed E-state index contributed by atoms with van der Waals surface area (Å²) in [6.45, 7) is 8.18. The highest BCUT2D eigenvalue weighted by molar-refractivity contribution is 6.49. The van der Waals surface area contributed by atoms with Gasteiger partial charge in [-0.05, 0) is 55.6 Å². The zero-order valence-electron chi connectivity index (χ0n) is 18.1. The molecule has 4 saturated carbocycles. The molecule has 7 heteroatoms. The van der Waals surface area contributed by atoms with Crippen molar-refractivity contribution in [2.24, 2.45) is 17.3 Å². The Bertz CT molecular complexity index is 1020. The van der Waals surface area contributed by atoms with Crippen LogP contribution in [0.25, 0.3) is 0 Å². The maximum atomic E-state index is 12.7. The smallest absolute Gasteiger partial charge is 0.461 e. The van der Waals surface area contributed by atoms with Gasteiger partial charge in [-0.3, -0.25) is 0 Å². The summed E-state index contributed by atoms with van der Waals surface area (Å²) >= 11 is 0. The standard InChI is InChI=1S/C23H27BO6/c1-20(2)27-18-12(6-7-15(26-5)17(18)19(25)28-20)13-9-14(13)24-29-22(4)16-8-11-10-23(22,30-24)21(11,16)3/h6-7,11,13-14,16H,8-10H2,1-5H3/t11?,13-,14-,16?,21?,22-,23?/m0/s1. The molecule has 0 amide bonds. The highest BCUT2D eigenvalue weighted by atomic mass is 16.7. The van der Waals surface area contributed by atoms with E-state index in [0.29, 0.717) is 28.4 Å². The maximum absolute atomic E-state index is 12.7. The average molecular weight is 410 g/mol. The summed E-state index contributed by atoms with van der Waals surface area (Å²) in [6.07, 6.45) is 3.40. The van der Waals surface area contributed by atoms with Gasteiger partial charge >= 0.3 is 13.1 Å². The van der Waals surface area contributed by atoms with Crippen LogP contribution in [0.5, 0.6) is 11.5 Å². The largest absolute Gasteiger partial charge is 0.496 e. The van der Waals surface area contributed by atoms with Crippen LogP contribution in [0.1, 0.15) is 68.8 Å². The van der Waals surface area contributed by atoms with Gasteiger partial charge in [-0.25, -0.2) is 4.79 Å². The molecule has 6 aliphatic rings. The molecule has 7 rings (SSSR count). The summed E-state index contributed by atoms with van der Waals surface area (Å²) in [6, 6.07) is 3.86. The third kappa shape index (κ3) is 1.67. The van der Waals surface area contributed by atoms with Crippen molar-refractivity contribution in [1.82, 2.24) is 0 Å². The van der Waals surface area contributed by atoms with E-state index in [1.165, 1.54) is 6.42 Å². The van der Waals surface area contributed by atoms with Gasteiger partial charge in [-0.15, -0.1) is 0 Å². The highest BCUT2D eigenvalue weighted by Gasteiger charge is 2.94. The second-order valence-electron chi connectivity index (χ2n) is 11.0. The molecule has 1 aromatic carbocycles. The first kappa shape index (κ1) is 17.9. The lowest BCUT2D eigenvalue weighted by Gasteiger charge is -2.87. The average Bonchev–Trinajstić information content (AvgIpc) is 3.40. The van der Waals surface area contributed by atoms with E-state index in [-0.39, 0.29) is 30.1 Å². The molecule has 0 radical (unpaired) electrons. The summed E-state index contributed by atoms with van der Waals surface area (Å²) < 4.78 is 30.3. The molecule has 1 spiro atoms. The molecular weight excluding hydrogens is 383 g/mol. The number of cyclic esters (lactones) is 1. The van der Waals surface area contributed by atoms with Crippen molar-refractivity contribution in [3.05, 3.63) is 23.3 Å². The van der Waals surface area contributed by atoms with E-state index in [9.17, 15) is 4.79 Å². The molecule has 2 aliphatic heterocycles. The first-order valence-electron chi connectivity index (χ1n) is 11.1. The molecule has 5 fully saturated rings. The fourth-order valence-electron chi connectivity index (χ4n) is 7.85. The Hall–Kier alpha value is -1.73. The molecule has 0 aromatic heterocycles. The van der Waals surface area contributed by atoms with Crippen molar-refractivity contribution in [1.29, 1.82) is 0 Å². The van der Waals surface area contributed by atoms with Crippen molar-refractivity contribution in [2.75, 3.05) is 7.11 Å². The Balaban J connectivity index is 1.20. The number of hydrogen-bond acceptors (Lipinski definition) is 6. The second kappa shape index (κ2) is 4.86. The zero-order valence-corrected chi connectivity index (χ0v) is 18.1. The van der Waals surface area contributed by atoms with Crippen LogP contribution in [0.2, 0.25) is 5.82 Å². The third-order valence-electron chi connectivity index (χ3n) is 9.49. The number of esters is 1. The minimum atomic E-state index is -1.00. The van der Waals surface area contributed by atoms with E-state index in [1.54, 1.807) is 21.0 Å². The fourth-order valence-corrected chi connectivity index (χ4v) is 7.85. The summed E-state index contributed by atoms with van der Waals surface area (Å²) in [7, 11) is 1.38. The second-order valence-corrected chi connectivity index (χ2v) is 11.0. The Morgan fingerprint density at radius 3 is 2.57 bits per heavy atom. The van der Waals surface area contributed by atoms with Crippen molar-refractivity contribution < 1.29 is 28.3 Å². The number of fused-ring (bicyclic) bond motifs is 2. The van der Waals surface area contributed by atoms with Crippen LogP contribution in [-0.2, 0) is 14.0 Å². The number of ether oxygens (including phenoxy) is 3. The van der Waals surface area contributed by atoms with E-state index >= 15 is 0 Å². The lowest BCUT2D eigenvalue weighted by Crippen LogP contribution is -2.92. The molecule has 158 valence electrons. The van der Waals surface area contributed by atoms with Crippen LogP contribution in [0.3, 0.4) is 0 Å². The Kier molecular flexibility index (Phi) is 2.90. The van der Waals surface area contributed by atoms with Gasteiger partial charge < -0.3 is 23.5 Å². The number of methoxy groups -OCH3 is 1. The minimum Gasteiger partial charge on any atom is -0.496 e. The Morgan fingerprint density at radius 2 is 1.90 bits per heavy atom. The van der Waals surface area contributed by atoms with E-state index in [0.717, 1.165) is 24.3 Å². The van der Waals surface area contributed by atoms with Crippen molar-refractivity contribution in [3.8, 4) is 11.5 Å². The summed E-state index contributed by atoms with van der Waals surface area (Å²) in [5, 5.41) is 0. The van der Waals surface area contributed by atoms with Gasteiger partial charge in [0.2, 0.25) is 5.79 Å². The Labute approximate surface area is 176 Å². The van der Waals surface area contributed by atoms with E-state index in [1.807, 2.05) is 12.1 Å². The number of benzene rings is 1. The molecule has 1 saturated heterocycles. The molecule has 30 heavy (non-hydrogen) atoms. The number of hydrogen-bond donors (Lipinski definition) is 0. The number of carbonyl (C=O) groups is 1. The van der Waals surface area contributed by atoms with Crippen molar-refractivity contribution in [3.63, 3.8) is 0 Å². The molecule has 7 atom stereocenters. The molecule has 6 nitrogen and oxygen atoms in total. The van der Waals surface area contributed by atoms with E-state index in [4.69, 9.17) is 23.5 Å². The van der Waals surface area contributed by atoms with Crippen LogP contribution < -0.4 is 9.47 Å². The van der Waals surface area contributed by atoms with Crippen molar-refractivity contribution in [2.45, 2.75) is 75.7 Å². The molecule has 0 N–H and O–H groups in total. The third-order valence-corrected chi connectivity index (χ3v) is 9.49. The lowest BCUT2D eigenvalue weighted by atomic mass is 9.21. The fraction of sp³-hybridized carbons (Fsp3) is 0.696. The number of rotatable bonds is 3. The van der Waals surface area contributed by atoms with Crippen LogP contribution in [-0.4, -0.2) is 37.2 Å². The Morgan fingerprint density at radius 1 is 1.10 bits per heavy atom. The topological polar surface area (TPSA) is 63.2 Å². The molecule has 4 unspecified atom stereocenters. The lowest BCUT2D eigenvalue weighted by molar-refractivity contribution is -0.429. The van der Waals surface area contributed by atoms with Gasteiger partial charge in [0.1, 0.15) is 17.1 Å². The van der Waals surface area contributed by atoms with Crippen LogP contribution >= 0.6 is 0 Å². The van der Waals surface area contributed by atoms with Gasteiger partial charge in [0.25, 0.3) is 0 Å². The zero-order chi connectivity index (χ0) is 20.8. The predicted octanol–water partition coefficient (Wildman–Crippen LogP) is 3.93. The monoisotopic (exact) mass is 410 g/mol. The first-order valence-corrected chi connectivity index (χ1v) is 11.1. The number of carbonyl (C=O) groups excluding carboxylic acids is 1. The van der Waals surface area contributed by atoms with Crippen LogP contribution in [0.4, 0.5) is 0 Å². The highest BCUT2D eigenvalue weighted by Crippen LogP contribution is 2.88. The maximum Gasteiger partial charge on any atom is 0.461 e. The quantitative estimate of drug-likeness (QED) is 0.556. The first-order chi connectivity index (χ1) is 14.2. The van der Waals surface area contributed by atoms with Gasteiger partial charge in [0.15, 0.2) is 0 Å². The minimum absolute atomic E-state index is 0.0764. The molecular formula is C23H27BO6. The normalized spacial score (nSPS) is 48.0. The molecule has 0 bridgehead atoms. The molecule has 2 heterocycles.